The van der Waals surface area contributed by atoms with Crippen LogP contribution in [0.5, 0.6) is 5.75 Å². The number of hydrogen-bond donors (Lipinski definition) is 4. The van der Waals surface area contributed by atoms with E-state index in [-0.39, 0.29) is 0 Å². The van der Waals surface area contributed by atoms with Crippen molar-refractivity contribution in [2.45, 2.75) is 13.8 Å². The fourth-order valence-corrected chi connectivity index (χ4v) is 3.30. The number of ether oxygens (including phenoxy) is 1. The number of aromatic nitrogens is 4. The number of allylic oxidation sites excluding steroid dienone is 1. The van der Waals surface area contributed by atoms with Crippen molar-refractivity contribution in [1.29, 1.82) is 5.26 Å². The highest BCUT2D eigenvalue weighted by Gasteiger charge is 2.15. The van der Waals surface area contributed by atoms with Gasteiger partial charge in [-0.2, -0.15) is 15.2 Å². The number of imidazole rings is 1. The lowest BCUT2D eigenvalue weighted by atomic mass is 10.1. The van der Waals surface area contributed by atoms with Crippen LogP contribution in [0.15, 0.2) is 48.4 Å². The van der Waals surface area contributed by atoms with E-state index in [4.69, 9.17) is 15.7 Å². The van der Waals surface area contributed by atoms with Crippen molar-refractivity contribution < 1.29 is 4.74 Å². The van der Waals surface area contributed by atoms with Gasteiger partial charge in [-0.25, -0.2) is 4.98 Å². The fraction of sp³-hybridized carbons (Fsp3) is 0.130. The molecule has 9 heteroatoms. The van der Waals surface area contributed by atoms with Gasteiger partial charge in [0, 0.05) is 11.4 Å². The van der Waals surface area contributed by atoms with E-state index in [1.807, 2.05) is 32.1 Å². The molecule has 0 aliphatic rings. The number of H-pyrrole nitrogens is 1. The highest BCUT2D eigenvalue weighted by Crippen LogP contribution is 2.34. The molecule has 0 unspecified atom stereocenters. The van der Waals surface area contributed by atoms with Gasteiger partial charge in [0.25, 0.3) is 0 Å². The molecular formula is C23H22N8O. The van der Waals surface area contributed by atoms with Gasteiger partial charge in [0.15, 0.2) is 17.0 Å². The number of hydrogen-bond acceptors (Lipinski definition) is 8. The number of aromatic amines is 1. The summed E-state index contributed by atoms with van der Waals surface area (Å²) >= 11 is 0. The number of methoxy groups -OCH3 is 1. The molecule has 0 bridgehead atoms. The third kappa shape index (κ3) is 4.29. The van der Waals surface area contributed by atoms with Crippen molar-refractivity contribution in [1.82, 2.24) is 19.9 Å². The van der Waals surface area contributed by atoms with Crippen molar-refractivity contribution in [3.8, 4) is 11.8 Å². The Hall–Kier alpha value is -4.58. The third-order valence-electron chi connectivity index (χ3n) is 4.73. The minimum absolute atomic E-state index is 0.379. The molecule has 32 heavy (non-hydrogen) atoms. The van der Waals surface area contributed by atoms with Crippen LogP contribution in [0.3, 0.4) is 0 Å². The lowest BCUT2D eigenvalue weighted by Crippen LogP contribution is -2.04. The summed E-state index contributed by atoms with van der Waals surface area (Å²) in [5.41, 5.74) is 11.7. The lowest BCUT2D eigenvalue weighted by Gasteiger charge is -2.16. The molecule has 0 aliphatic carbocycles. The molecule has 0 amide bonds. The zero-order chi connectivity index (χ0) is 22.7. The van der Waals surface area contributed by atoms with Crippen LogP contribution in [0.2, 0.25) is 0 Å². The van der Waals surface area contributed by atoms with Crippen molar-refractivity contribution in [2.24, 2.45) is 5.73 Å². The topological polar surface area (TPSA) is 138 Å². The summed E-state index contributed by atoms with van der Waals surface area (Å²) in [6, 6.07) is 13.1. The molecule has 0 aliphatic heterocycles. The summed E-state index contributed by atoms with van der Waals surface area (Å²) in [6.45, 7) is 3.82. The summed E-state index contributed by atoms with van der Waals surface area (Å²) in [6.07, 6.45) is 3.45. The van der Waals surface area contributed by atoms with Crippen LogP contribution < -0.4 is 21.1 Å². The summed E-state index contributed by atoms with van der Waals surface area (Å²) in [4.78, 5) is 16.5. The number of fused-ring (bicyclic) bond motifs is 1. The Kier molecular flexibility index (Phi) is 5.59. The number of nitrogens with zero attached hydrogens (tertiary/aromatic N) is 4. The predicted molar refractivity (Wildman–Crippen MR) is 125 cm³/mol. The van der Waals surface area contributed by atoms with E-state index in [0.29, 0.717) is 39.9 Å². The summed E-state index contributed by atoms with van der Waals surface area (Å²) in [5.74, 6) is 1.55. The van der Waals surface area contributed by atoms with E-state index < -0.39 is 0 Å². The highest BCUT2D eigenvalue weighted by molar-refractivity contribution is 5.88. The number of benzene rings is 2. The molecule has 2 heterocycles. The second-order valence-electron chi connectivity index (χ2n) is 7.24. The molecule has 0 fully saturated rings. The molecule has 9 nitrogen and oxygen atoms in total. The van der Waals surface area contributed by atoms with E-state index in [1.54, 1.807) is 37.7 Å². The average Bonchev–Trinajstić information content (AvgIpc) is 3.24. The van der Waals surface area contributed by atoms with E-state index in [0.717, 1.165) is 22.5 Å². The van der Waals surface area contributed by atoms with Gasteiger partial charge in [0.2, 0.25) is 5.95 Å². The van der Waals surface area contributed by atoms with Crippen LogP contribution in [0.25, 0.3) is 17.2 Å². The Bertz CT molecular complexity index is 1350. The molecule has 2 aromatic heterocycles. The normalized spacial score (nSPS) is 11.2. The van der Waals surface area contributed by atoms with E-state index in [1.165, 1.54) is 0 Å². The van der Waals surface area contributed by atoms with E-state index in [2.05, 4.69) is 36.6 Å². The Balaban J connectivity index is 1.72. The maximum Gasteiger partial charge on any atom is 0.231 e. The second kappa shape index (κ2) is 8.65. The number of aryl methyl sites for hydroxylation is 1. The number of nitriles is 1. The molecule has 0 atom stereocenters. The van der Waals surface area contributed by atoms with Gasteiger partial charge >= 0.3 is 0 Å². The molecule has 4 aromatic rings. The zero-order valence-electron chi connectivity index (χ0n) is 17.9. The minimum atomic E-state index is 0.379. The lowest BCUT2D eigenvalue weighted by molar-refractivity contribution is 0.416. The predicted octanol–water partition coefficient (Wildman–Crippen LogP) is 4.35. The summed E-state index contributed by atoms with van der Waals surface area (Å²) in [5, 5.41) is 15.5. The van der Waals surface area contributed by atoms with Crippen molar-refractivity contribution in [2.75, 3.05) is 17.7 Å². The molecule has 0 spiro atoms. The Morgan fingerprint density at radius 2 is 1.97 bits per heavy atom. The Morgan fingerprint density at radius 3 is 2.66 bits per heavy atom. The van der Waals surface area contributed by atoms with Gasteiger partial charge in [-0.05, 0) is 67.4 Å². The van der Waals surface area contributed by atoms with Gasteiger partial charge in [-0.15, -0.1) is 0 Å². The molecule has 0 saturated carbocycles. The van der Waals surface area contributed by atoms with Crippen LogP contribution in [-0.2, 0) is 0 Å². The summed E-state index contributed by atoms with van der Waals surface area (Å²) < 4.78 is 5.62. The first-order chi connectivity index (χ1) is 15.5. The van der Waals surface area contributed by atoms with Crippen molar-refractivity contribution in [3.63, 3.8) is 0 Å². The number of anilines is 4. The van der Waals surface area contributed by atoms with Gasteiger partial charge in [0.05, 0.1) is 30.8 Å². The first-order valence-corrected chi connectivity index (χ1v) is 9.84. The van der Waals surface area contributed by atoms with Crippen LogP contribution in [0, 0.1) is 18.3 Å². The number of nitrogens with one attached hydrogen (secondary N) is 3. The van der Waals surface area contributed by atoms with Crippen molar-refractivity contribution >= 4 is 40.4 Å². The third-order valence-corrected chi connectivity index (χ3v) is 4.73. The minimum Gasteiger partial charge on any atom is -0.495 e. The standard InChI is InChI=1S/C23H22N8O/c1-13-8-16(9-14(2)25)10-18(32-3)19(13)29-22-20-21(27-12-26-20)30-23(31-22)28-17-6-4-15(11-24)5-7-17/h4-10,12H,25H2,1-3H3,(H3,26,27,28,29,30,31)/b14-9+. The van der Waals surface area contributed by atoms with Crippen LogP contribution >= 0.6 is 0 Å². The molecule has 4 rings (SSSR count). The van der Waals surface area contributed by atoms with Crippen LogP contribution in [-0.4, -0.2) is 27.0 Å². The SMILES string of the molecule is COc1cc(/C=C(\C)N)cc(C)c1Nc1nc(Nc2ccc(C#N)cc2)nc2[nH]cnc12. The molecule has 160 valence electrons. The van der Waals surface area contributed by atoms with Gasteiger partial charge in [-0.1, -0.05) is 0 Å². The Labute approximate surface area is 185 Å². The average molecular weight is 426 g/mol. The first-order valence-electron chi connectivity index (χ1n) is 9.84. The smallest absolute Gasteiger partial charge is 0.231 e. The Morgan fingerprint density at radius 1 is 1.19 bits per heavy atom. The van der Waals surface area contributed by atoms with Gasteiger partial charge in [-0.3, -0.25) is 0 Å². The monoisotopic (exact) mass is 426 g/mol. The molecular weight excluding hydrogens is 404 g/mol. The molecule has 2 aromatic carbocycles. The number of rotatable bonds is 6. The molecule has 0 saturated heterocycles. The van der Waals surface area contributed by atoms with Crippen LogP contribution in [0.1, 0.15) is 23.6 Å². The van der Waals surface area contributed by atoms with Crippen LogP contribution in [0.4, 0.5) is 23.1 Å². The first kappa shape index (κ1) is 20.7. The van der Waals surface area contributed by atoms with E-state index in [9.17, 15) is 0 Å². The summed E-state index contributed by atoms with van der Waals surface area (Å²) in [7, 11) is 1.62. The number of nitrogens with two attached hydrogens (primary N) is 1. The maximum atomic E-state index is 8.98. The molecule has 0 radical (unpaired) electrons. The maximum absolute atomic E-state index is 8.98. The van der Waals surface area contributed by atoms with E-state index >= 15 is 0 Å². The van der Waals surface area contributed by atoms with Gasteiger partial charge < -0.3 is 26.1 Å². The van der Waals surface area contributed by atoms with Gasteiger partial charge in [0.1, 0.15) is 5.75 Å². The van der Waals surface area contributed by atoms with Crippen molar-refractivity contribution in [3.05, 3.63) is 65.1 Å². The molecule has 5 N–H and O–H groups in total. The second-order valence-corrected chi connectivity index (χ2v) is 7.24. The zero-order valence-corrected chi connectivity index (χ0v) is 17.9. The largest absolute Gasteiger partial charge is 0.495 e. The fourth-order valence-electron chi connectivity index (χ4n) is 3.30. The quantitative estimate of drug-likeness (QED) is 0.357. The highest BCUT2D eigenvalue weighted by atomic mass is 16.5.